The Balaban J connectivity index is 0.00000114. The van der Waals surface area contributed by atoms with E-state index >= 15 is 0 Å². The van der Waals surface area contributed by atoms with Gasteiger partial charge in [-0.3, -0.25) is 4.79 Å². The Morgan fingerprint density at radius 3 is 2.50 bits per heavy atom. The summed E-state index contributed by atoms with van der Waals surface area (Å²) >= 11 is 0. The number of nitrogens with one attached hydrogen (secondary N) is 1. The standard InChI is InChI=1S/C19H17F2N3O5.C3H8/c1-29-18-15(22-8-10-2-3-11(20)6-14(10)21)7-12-16(26)13(19(27)28)9-24(4-5-25)17(12)23-18;1-3-2/h2-3,6-7,9,22,25H,4-5,8H2,1H3,(H,27,28);3H2,1-2H3. The molecule has 1 aromatic carbocycles. The number of carboxylic acid groups (broad SMARTS) is 1. The van der Waals surface area contributed by atoms with Gasteiger partial charge < -0.3 is 24.8 Å². The molecule has 3 aromatic rings. The zero-order chi connectivity index (χ0) is 23.8. The lowest BCUT2D eigenvalue weighted by Crippen LogP contribution is -2.21. The molecule has 0 saturated heterocycles. The van der Waals surface area contributed by atoms with E-state index in [1.54, 1.807) is 0 Å². The summed E-state index contributed by atoms with van der Waals surface area (Å²) < 4.78 is 33.5. The van der Waals surface area contributed by atoms with Gasteiger partial charge in [-0.15, -0.1) is 0 Å². The van der Waals surface area contributed by atoms with Crippen LogP contribution >= 0.6 is 0 Å². The molecule has 8 nitrogen and oxygen atoms in total. The van der Waals surface area contributed by atoms with E-state index in [9.17, 15) is 28.6 Å². The third kappa shape index (κ3) is 5.58. The first kappa shape index (κ1) is 24.7. The van der Waals surface area contributed by atoms with E-state index in [1.165, 1.54) is 30.2 Å². The van der Waals surface area contributed by atoms with E-state index in [0.29, 0.717) is 0 Å². The van der Waals surface area contributed by atoms with Gasteiger partial charge in [0.1, 0.15) is 22.8 Å². The van der Waals surface area contributed by atoms with Gasteiger partial charge >= 0.3 is 5.97 Å². The number of carbonyl (C=O) groups is 1. The number of aliphatic hydroxyl groups is 1. The van der Waals surface area contributed by atoms with Crippen molar-refractivity contribution in [1.29, 1.82) is 0 Å². The number of ether oxygens (including phenoxy) is 1. The molecule has 3 rings (SSSR count). The Morgan fingerprint density at radius 1 is 1.25 bits per heavy atom. The van der Waals surface area contributed by atoms with Gasteiger partial charge in [0, 0.05) is 30.9 Å². The Morgan fingerprint density at radius 2 is 1.94 bits per heavy atom. The number of aliphatic hydroxyl groups excluding tert-OH is 1. The maximum Gasteiger partial charge on any atom is 0.341 e. The van der Waals surface area contributed by atoms with E-state index in [4.69, 9.17) is 4.74 Å². The molecule has 0 aliphatic heterocycles. The third-order valence-corrected chi connectivity index (χ3v) is 4.26. The molecule has 0 amide bonds. The molecule has 0 spiro atoms. The fourth-order valence-electron chi connectivity index (χ4n) is 2.86. The lowest BCUT2D eigenvalue weighted by Gasteiger charge is -2.15. The van der Waals surface area contributed by atoms with Crippen molar-refractivity contribution in [2.24, 2.45) is 0 Å². The van der Waals surface area contributed by atoms with Crippen LogP contribution < -0.4 is 15.5 Å². The smallest absolute Gasteiger partial charge is 0.341 e. The zero-order valence-electron chi connectivity index (χ0n) is 18.0. The van der Waals surface area contributed by atoms with Crippen LogP contribution in [-0.2, 0) is 13.1 Å². The Hall–Kier alpha value is -3.53. The summed E-state index contributed by atoms with van der Waals surface area (Å²) in [7, 11) is 1.35. The van der Waals surface area contributed by atoms with Gasteiger partial charge in [-0.1, -0.05) is 26.3 Å². The number of benzene rings is 1. The molecule has 2 aromatic heterocycles. The van der Waals surface area contributed by atoms with Gasteiger partial charge in [-0.25, -0.2) is 13.6 Å². The number of carboxylic acids is 1. The SMILES string of the molecule is CCC.COc1nc2c(cc1NCc1ccc(F)cc1F)c(=O)c(C(=O)O)cn2CCO. The first-order valence-electron chi connectivity index (χ1n) is 9.91. The Bertz CT molecular complexity index is 1160. The number of rotatable bonds is 7. The number of nitrogens with zero attached hydrogens (tertiary/aromatic N) is 2. The maximum atomic E-state index is 13.9. The molecule has 172 valence electrons. The lowest BCUT2D eigenvalue weighted by molar-refractivity contribution is 0.0694. The van der Waals surface area contributed by atoms with E-state index in [-0.39, 0.29) is 47.9 Å². The van der Waals surface area contributed by atoms with Crippen molar-refractivity contribution >= 4 is 22.7 Å². The van der Waals surface area contributed by atoms with Crippen LogP contribution in [0.25, 0.3) is 11.0 Å². The highest BCUT2D eigenvalue weighted by Gasteiger charge is 2.18. The average molecular weight is 449 g/mol. The number of pyridine rings is 2. The van der Waals surface area contributed by atoms with Gasteiger partial charge in [0.15, 0.2) is 0 Å². The summed E-state index contributed by atoms with van der Waals surface area (Å²) in [5.41, 5.74) is -0.713. The number of aromatic carboxylic acids is 1. The highest BCUT2D eigenvalue weighted by molar-refractivity contribution is 5.92. The molecule has 0 saturated carbocycles. The number of halogens is 2. The highest BCUT2D eigenvalue weighted by atomic mass is 19.1. The number of hydrogen-bond donors (Lipinski definition) is 3. The van der Waals surface area contributed by atoms with Crippen molar-refractivity contribution in [1.82, 2.24) is 9.55 Å². The first-order valence-corrected chi connectivity index (χ1v) is 9.91. The predicted molar refractivity (Wildman–Crippen MR) is 116 cm³/mol. The summed E-state index contributed by atoms with van der Waals surface area (Å²) in [5.74, 6) is -2.79. The van der Waals surface area contributed by atoms with Crippen molar-refractivity contribution in [3.8, 4) is 5.88 Å². The van der Waals surface area contributed by atoms with Crippen molar-refractivity contribution in [2.45, 2.75) is 33.4 Å². The summed E-state index contributed by atoms with van der Waals surface area (Å²) in [6.07, 6.45) is 2.36. The molecular weight excluding hydrogens is 424 g/mol. The molecule has 0 radical (unpaired) electrons. The topological polar surface area (TPSA) is 114 Å². The molecule has 0 aliphatic rings. The van der Waals surface area contributed by atoms with Crippen LogP contribution in [0.2, 0.25) is 0 Å². The molecule has 0 fully saturated rings. The van der Waals surface area contributed by atoms with Crippen LogP contribution in [0.4, 0.5) is 14.5 Å². The van der Waals surface area contributed by atoms with Gasteiger partial charge in [-0.05, 0) is 12.1 Å². The van der Waals surface area contributed by atoms with Crippen LogP contribution in [0.15, 0.2) is 35.3 Å². The Kier molecular flexibility index (Phi) is 8.65. The van der Waals surface area contributed by atoms with Gasteiger partial charge in [0.25, 0.3) is 0 Å². The predicted octanol–water partition coefficient (Wildman–Crippen LogP) is 3.40. The molecule has 0 unspecified atom stereocenters. The molecule has 0 aliphatic carbocycles. The minimum Gasteiger partial charge on any atom is -0.479 e. The summed E-state index contributed by atoms with van der Waals surface area (Å²) in [6.45, 7) is 3.91. The summed E-state index contributed by atoms with van der Waals surface area (Å²) in [5, 5.41) is 21.4. The second-order valence-corrected chi connectivity index (χ2v) is 6.81. The van der Waals surface area contributed by atoms with E-state index < -0.39 is 28.6 Å². The molecule has 0 bridgehead atoms. The normalized spacial score (nSPS) is 10.4. The van der Waals surface area contributed by atoms with Crippen molar-refractivity contribution in [3.63, 3.8) is 0 Å². The lowest BCUT2D eigenvalue weighted by atomic mass is 10.1. The van der Waals surface area contributed by atoms with E-state index in [2.05, 4.69) is 24.1 Å². The minimum atomic E-state index is -1.41. The van der Waals surface area contributed by atoms with Gasteiger partial charge in [-0.2, -0.15) is 4.98 Å². The second-order valence-electron chi connectivity index (χ2n) is 6.81. The molecule has 32 heavy (non-hydrogen) atoms. The summed E-state index contributed by atoms with van der Waals surface area (Å²) in [4.78, 5) is 28.2. The van der Waals surface area contributed by atoms with E-state index in [1.807, 2.05) is 0 Å². The Labute approximate surface area is 183 Å². The molecule has 10 heteroatoms. The number of anilines is 1. The van der Waals surface area contributed by atoms with Gasteiger partial charge in [0.2, 0.25) is 11.3 Å². The maximum absolute atomic E-state index is 13.9. The highest BCUT2D eigenvalue weighted by Crippen LogP contribution is 2.27. The molecular formula is C22H25F2N3O5. The van der Waals surface area contributed by atoms with Gasteiger partial charge in [0.05, 0.1) is 24.8 Å². The van der Waals surface area contributed by atoms with Crippen LogP contribution in [0, 0.1) is 11.6 Å². The van der Waals surface area contributed by atoms with E-state index in [0.717, 1.165) is 18.3 Å². The third-order valence-electron chi connectivity index (χ3n) is 4.26. The fourth-order valence-corrected chi connectivity index (χ4v) is 2.86. The van der Waals surface area contributed by atoms with Crippen molar-refractivity contribution in [2.75, 3.05) is 19.0 Å². The average Bonchev–Trinajstić information content (AvgIpc) is 2.75. The molecule has 0 atom stereocenters. The molecule has 3 N–H and O–H groups in total. The van der Waals surface area contributed by atoms with Crippen LogP contribution in [0.5, 0.6) is 5.88 Å². The second kappa shape index (κ2) is 11.2. The van der Waals surface area contributed by atoms with Crippen molar-refractivity contribution < 1.29 is 28.5 Å². The van der Waals surface area contributed by atoms with Crippen molar-refractivity contribution in [3.05, 3.63) is 63.4 Å². The van der Waals surface area contributed by atoms with Crippen LogP contribution in [-0.4, -0.2) is 39.5 Å². The number of fused-ring (bicyclic) bond motifs is 1. The zero-order valence-corrected chi connectivity index (χ0v) is 18.0. The quantitative estimate of drug-likeness (QED) is 0.507. The largest absolute Gasteiger partial charge is 0.479 e. The molecule has 2 heterocycles. The first-order chi connectivity index (χ1) is 15.3. The number of aromatic nitrogens is 2. The monoisotopic (exact) mass is 449 g/mol. The number of methoxy groups -OCH3 is 1. The minimum absolute atomic E-state index is 0.0128. The fraction of sp³-hybridized carbons (Fsp3) is 0.318. The van der Waals surface area contributed by atoms with Crippen LogP contribution in [0.1, 0.15) is 36.2 Å². The van der Waals surface area contributed by atoms with Crippen LogP contribution in [0.3, 0.4) is 0 Å². The number of hydrogen-bond acceptors (Lipinski definition) is 6. The summed E-state index contributed by atoms with van der Waals surface area (Å²) in [6, 6.07) is 4.49.